The fraction of sp³-hybridized carbons (Fsp3) is 0.273. The van der Waals surface area contributed by atoms with Crippen molar-refractivity contribution in [2.24, 2.45) is 0 Å². The monoisotopic (exact) mass is 410 g/mol. The number of nitrogens with zero attached hydrogens (tertiary/aromatic N) is 2. The van der Waals surface area contributed by atoms with Crippen LogP contribution < -0.4 is 9.64 Å². The van der Waals surface area contributed by atoms with Crippen molar-refractivity contribution < 1.29 is 24.0 Å². The van der Waals surface area contributed by atoms with E-state index in [1.54, 1.807) is 6.07 Å². The van der Waals surface area contributed by atoms with Crippen LogP contribution in [0.5, 0.6) is 5.75 Å². The molecule has 0 aliphatic carbocycles. The van der Waals surface area contributed by atoms with Gasteiger partial charge >= 0.3 is 11.7 Å². The molecule has 0 saturated carbocycles. The molecule has 156 valence electrons. The lowest BCUT2D eigenvalue weighted by Gasteiger charge is -2.23. The molecule has 0 atom stereocenters. The molecule has 8 nitrogen and oxygen atoms in total. The van der Waals surface area contributed by atoms with Gasteiger partial charge < -0.3 is 14.4 Å². The third-order valence-corrected chi connectivity index (χ3v) is 5.02. The molecule has 1 aliphatic rings. The molecule has 0 spiro atoms. The topological polar surface area (TPSA) is 99.0 Å². The lowest BCUT2D eigenvalue weighted by molar-refractivity contribution is -0.385. The zero-order chi connectivity index (χ0) is 21.9. The van der Waals surface area contributed by atoms with Gasteiger partial charge in [-0.2, -0.15) is 0 Å². The average Bonchev–Trinajstić information content (AvgIpc) is 2.92. The van der Waals surface area contributed by atoms with Crippen molar-refractivity contribution in [1.29, 1.82) is 0 Å². The summed E-state index contributed by atoms with van der Waals surface area (Å²) in [5.41, 5.74) is 2.33. The van der Waals surface area contributed by atoms with E-state index in [1.165, 1.54) is 24.3 Å². The Morgan fingerprint density at radius 2 is 1.77 bits per heavy atom. The quantitative estimate of drug-likeness (QED) is 0.299. The Bertz CT molecular complexity index is 1030. The summed E-state index contributed by atoms with van der Waals surface area (Å²) in [6.45, 7) is 3.08. The van der Waals surface area contributed by atoms with Crippen LogP contribution in [0.25, 0.3) is 0 Å². The van der Waals surface area contributed by atoms with Gasteiger partial charge in [-0.1, -0.05) is 44.2 Å². The molecule has 0 fully saturated rings. The summed E-state index contributed by atoms with van der Waals surface area (Å²) >= 11 is 0. The van der Waals surface area contributed by atoms with Gasteiger partial charge in [-0.15, -0.1) is 0 Å². The number of rotatable bonds is 7. The van der Waals surface area contributed by atoms with E-state index in [0.717, 1.165) is 16.9 Å². The second kappa shape index (κ2) is 8.36. The molecule has 0 saturated heterocycles. The second-order valence-corrected chi connectivity index (χ2v) is 7.37. The smallest absolute Gasteiger partial charge is 0.344 e. The van der Waals surface area contributed by atoms with Crippen molar-refractivity contribution in [3.63, 3.8) is 0 Å². The molecule has 0 amide bonds. The van der Waals surface area contributed by atoms with Gasteiger partial charge in [0.2, 0.25) is 0 Å². The first-order valence-corrected chi connectivity index (χ1v) is 9.32. The number of nitro groups is 1. The number of nitro benzene ring substituents is 1. The Kier molecular flexibility index (Phi) is 5.86. The van der Waals surface area contributed by atoms with E-state index in [4.69, 9.17) is 9.47 Å². The lowest BCUT2D eigenvalue weighted by Crippen LogP contribution is -2.25. The highest BCUT2D eigenvalue weighted by atomic mass is 16.6. The summed E-state index contributed by atoms with van der Waals surface area (Å²) in [6, 6.07) is 13.6. The second-order valence-electron chi connectivity index (χ2n) is 7.37. The number of esters is 1. The van der Waals surface area contributed by atoms with E-state index in [9.17, 15) is 19.7 Å². The minimum atomic E-state index is -0.790. The van der Waals surface area contributed by atoms with Crippen molar-refractivity contribution in [2.45, 2.75) is 19.3 Å². The number of hydrogen-bond donors (Lipinski definition) is 0. The first kappa shape index (κ1) is 21.0. The van der Waals surface area contributed by atoms with E-state index in [0.29, 0.717) is 0 Å². The first-order chi connectivity index (χ1) is 14.2. The predicted molar refractivity (Wildman–Crippen MR) is 111 cm³/mol. The molecule has 0 unspecified atom stereocenters. The Morgan fingerprint density at radius 3 is 2.47 bits per heavy atom. The van der Waals surface area contributed by atoms with Gasteiger partial charge in [-0.05, 0) is 17.7 Å². The van der Waals surface area contributed by atoms with Crippen LogP contribution in [-0.2, 0) is 19.7 Å². The van der Waals surface area contributed by atoms with Gasteiger partial charge in [-0.25, -0.2) is 4.79 Å². The van der Waals surface area contributed by atoms with Crippen LogP contribution in [0.2, 0.25) is 0 Å². The van der Waals surface area contributed by atoms with Crippen molar-refractivity contribution in [3.8, 4) is 5.75 Å². The SMILES string of the molecule is CN1C(=CC(=O)COC(=O)COc2ccccc2[N+](=O)[O-])C(C)(C)c2ccccc21. The molecule has 3 rings (SSSR count). The predicted octanol–water partition coefficient (Wildman–Crippen LogP) is 3.40. The van der Waals surface area contributed by atoms with E-state index >= 15 is 0 Å². The number of anilines is 1. The highest BCUT2D eigenvalue weighted by molar-refractivity contribution is 5.94. The van der Waals surface area contributed by atoms with E-state index in [2.05, 4.69) is 0 Å². The van der Waals surface area contributed by atoms with E-state index in [1.807, 2.05) is 50.1 Å². The van der Waals surface area contributed by atoms with Gasteiger partial charge in [0.25, 0.3) is 0 Å². The lowest BCUT2D eigenvalue weighted by atomic mass is 9.83. The number of hydrogen-bond acceptors (Lipinski definition) is 7. The van der Waals surface area contributed by atoms with Crippen LogP contribution in [0.15, 0.2) is 60.3 Å². The molecule has 30 heavy (non-hydrogen) atoms. The molecule has 1 aliphatic heterocycles. The fourth-order valence-corrected chi connectivity index (χ4v) is 3.51. The number of fused-ring (bicyclic) bond motifs is 1. The van der Waals surface area contributed by atoms with Gasteiger partial charge in [0.1, 0.15) is 0 Å². The number of allylic oxidation sites excluding steroid dienone is 1. The molecular formula is C22H22N2O6. The van der Waals surface area contributed by atoms with Crippen molar-refractivity contribution >= 4 is 23.1 Å². The number of ketones is 1. The third-order valence-electron chi connectivity index (χ3n) is 5.02. The fourth-order valence-electron chi connectivity index (χ4n) is 3.51. The number of likely N-dealkylation sites (N-methyl/N-ethyl adjacent to an activating group) is 1. The Morgan fingerprint density at radius 1 is 1.10 bits per heavy atom. The zero-order valence-corrected chi connectivity index (χ0v) is 17.0. The molecule has 0 aromatic heterocycles. The number of benzene rings is 2. The molecule has 0 bridgehead atoms. The Balaban J connectivity index is 1.59. The number of carbonyl (C=O) groups excluding carboxylic acids is 2. The van der Waals surface area contributed by atoms with Crippen molar-refractivity contribution in [3.05, 3.63) is 76.0 Å². The highest BCUT2D eigenvalue weighted by Crippen LogP contribution is 2.46. The summed E-state index contributed by atoms with van der Waals surface area (Å²) < 4.78 is 10.1. The first-order valence-electron chi connectivity index (χ1n) is 9.32. The van der Waals surface area contributed by atoms with Crippen LogP contribution in [0, 0.1) is 10.1 Å². The van der Waals surface area contributed by atoms with Crippen LogP contribution >= 0.6 is 0 Å². The van der Waals surface area contributed by atoms with Gasteiger partial charge in [0, 0.05) is 36.0 Å². The molecule has 2 aromatic rings. The van der Waals surface area contributed by atoms with E-state index in [-0.39, 0.29) is 22.6 Å². The molecule has 8 heteroatoms. The standard InChI is InChI=1S/C22H22N2O6/c1-22(2)16-8-4-5-9-17(16)23(3)20(22)12-15(25)13-30-21(26)14-29-19-11-7-6-10-18(19)24(27)28/h4-12H,13-14H2,1-3H3. The number of ether oxygens (including phenoxy) is 2. The summed E-state index contributed by atoms with van der Waals surface area (Å²) in [4.78, 5) is 36.6. The van der Waals surface area contributed by atoms with Crippen LogP contribution in [0.4, 0.5) is 11.4 Å². The highest BCUT2D eigenvalue weighted by Gasteiger charge is 2.38. The van der Waals surface area contributed by atoms with Crippen LogP contribution in [0.3, 0.4) is 0 Å². The van der Waals surface area contributed by atoms with Crippen molar-refractivity contribution in [1.82, 2.24) is 0 Å². The van der Waals surface area contributed by atoms with Crippen LogP contribution in [-0.4, -0.2) is 36.9 Å². The molecular weight excluding hydrogens is 388 g/mol. The largest absolute Gasteiger partial charge is 0.475 e. The minimum Gasteiger partial charge on any atom is -0.475 e. The Labute approximate surface area is 173 Å². The number of carbonyl (C=O) groups is 2. The summed E-state index contributed by atoms with van der Waals surface area (Å²) in [5, 5.41) is 11.0. The number of para-hydroxylation sites is 3. The molecule has 0 N–H and O–H groups in total. The maximum absolute atomic E-state index is 12.4. The maximum Gasteiger partial charge on any atom is 0.344 e. The minimum absolute atomic E-state index is 0.0417. The zero-order valence-electron chi connectivity index (χ0n) is 17.0. The Hall–Kier alpha value is -3.68. The van der Waals surface area contributed by atoms with Crippen LogP contribution in [0.1, 0.15) is 19.4 Å². The summed E-state index contributed by atoms with van der Waals surface area (Å²) in [7, 11) is 1.89. The third kappa shape index (κ3) is 4.17. The van der Waals surface area contributed by atoms with E-state index < -0.39 is 24.1 Å². The van der Waals surface area contributed by atoms with Crippen molar-refractivity contribution in [2.75, 3.05) is 25.2 Å². The molecule has 1 heterocycles. The molecule has 0 radical (unpaired) electrons. The van der Waals surface area contributed by atoms with Gasteiger partial charge in [0.05, 0.1) is 4.92 Å². The maximum atomic E-state index is 12.4. The summed E-state index contributed by atoms with van der Waals surface area (Å²) in [5.74, 6) is -1.20. The van der Waals surface area contributed by atoms with Gasteiger partial charge in [0.15, 0.2) is 24.7 Å². The normalized spacial score (nSPS) is 15.6. The summed E-state index contributed by atoms with van der Waals surface area (Å²) in [6.07, 6.45) is 1.48. The van der Waals surface area contributed by atoms with Gasteiger partial charge in [-0.3, -0.25) is 14.9 Å². The average molecular weight is 410 g/mol. The molecule has 2 aromatic carbocycles.